The van der Waals surface area contributed by atoms with Crippen LogP contribution in [0.25, 0.3) is 0 Å². The maximum absolute atomic E-state index is 12.1. The minimum absolute atomic E-state index is 0.192. The van der Waals surface area contributed by atoms with E-state index in [-0.39, 0.29) is 6.09 Å². The molecule has 118 valence electrons. The van der Waals surface area contributed by atoms with Crippen LogP contribution in [0.15, 0.2) is 17.5 Å². The van der Waals surface area contributed by atoms with Crippen LogP contribution in [0.3, 0.4) is 0 Å². The maximum Gasteiger partial charge on any atom is 0.410 e. The monoisotopic (exact) mass is 310 g/mol. The van der Waals surface area contributed by atoms with Gasteiger partial charge in [0.25, 0.3) is 0 Å². The first-order chi connectivity index (χ1) is 9.78. The lowest BCUT2D eigenvalue weighted by molar-refractivity contribution is 0.0278. The molecule has 0 bridgehead atoms. The summed E-state index contributed by atoms with van der Waals surface area (Å²) in [6.07, 6.45) is 0.813. The van der Waals surface area contributed by atoms with Crippen molar-refractivity contribution in [3.05, 3.63) is 22.4 Å². The number of nitrogens with zero attached hydrogens (tertiary/aromatic N) is 2. The van der Waals surface area contributed by atoms with Gasteiger partial charge in [-0.15, -0.1) is 11.3 Å². The number of amides is 1. The molecule has 2 rings (SSSR count). The van der Waals surface area contributed by atoms with Gasteiger partial charge in [-0.2, -0.15) is 0 Å². The lowest BCUT2D eigenvalue weighted by atomic mass is 10.1. The number of hydrogen-bond acceptors (Lipinski definition) is 4. The zero-order chi connectivity index (χ0) is 15.6. The zero-order valence-electron chi connectivity index (χ0n) is 13.6. The van der Waals surface area contributed by atoms with Crippen LogP contribution in [0.4, 0.5) is 4.79 Å². The Morgan fingerprint density at radius 3 is 2.81 bits per heavy atom. The molecule has 1 aromatic heterocycles. The highest BCUT2D eigenvalue weighted by molar-refractivity contribution is 7.10. The van der Waals surface area contributed by atoms with E-state index in [9.17, 15) is 4.79 Å². The number of ether oxygens (including phenoxy) is 1. The van der Waals surface area contributed by atoms with E-state index >= 15 is 0 Å². The molecule has 0 N–H and O–H groups in total. The molecule has 2 heterocycles. The van der Waals surface area contributed by atoms with Gasteiger partial charge in [0.2, 0.25) is 0 Å². The van der Waals surface area contributed by atoms with E-state index in [1.165, 1.54) is 4.88 Å². The lowest BCUT2D eigenvalue weighted by Crippen LogP contribution is -2.39. The SMILES string of the molecule is C[C@@H](c1cccs1)N(C)[C@H]1CCN(C(=O)OC(C)(C)C)C1. The van der Waals surface area contributed by atoms with Gasteiger partial charge in [0.05, 0.1) is 0 Å². The van der Waals surface area contributed by atoms with Gasteiger partial charge >= 0.3 is 6.09 Å². The van der Waals surface area contributed by atoms with E-state index in [1.807, 2.05) is 25.7 Å². The molecular weight excluding hydrogens is 284 g/mol. The van der Waals surface area contributed by atoms with Crippen molar-refractivity contribution in [2.24, 2.45) is 0 Å². The fourth-order valence-electron chi connectivity index (χ4n) is 2.61. The van der Waals surface area contributed by atoms with Crippen LogP contribution in [0.1, 0.15) is 45.0 Å². The van der Waals surface area contributed by atoms with Gasteiger partial charge < -0.3 is 9.64 Å². The van der Waals surface area contributed by atoms with Gasteiger partial charge in [-0.25, -0.2) is 4.79 Å². The van der Waals surface area contributed by atoms with Crippen LogP contribution in [0.2, 0.25) is 0 Å². The standard InChI is InChI=1S/C16H26N2O2S/c1-12(14-7-6-10-21-14)17(5)13-8-9-18(11-13)15(19)20-16(2,3)4/h6-7,10,12-13H,8-9,11H2,1-5H3/t12-,13-/m0/s1. The number of thiophene rings is 1. The van der Waals surface area contributed by atoms with Crippen molar-refractivity contribution in [2.45, 2.75) is 51.8 Å². The molecule has 5 heteroatoms. The quantitative estimate of drug-likeness (QED) is 0.852. The second kappa shape index (κ2) is 6.36. The van der Waals surface area contributed by atoms with E-state index in [4.69, 9.17) is 4.74 Å². The van der Waals surface area contributed by atoms with E-state index < -0.39 is 5.60 Å². The van der Waals surface area contributed by atoms with E-state index in [2.05, 4.69) is 36.4 Å². The number of likely N-dealkylation sites (N-methyl/N-ethyl adjacent to an activating group) is 1. The Morgan fingerprint density at radius 2 is 2.24 bits per heavy atom. The van der Waals surface area contributed by atoms with Crippen molar-refractivity contribution in [3.8, 4) is 0 Å². The highest BCUT2D eigenvalue weighted by Crippen LogP contribution is 2.28. The summed E-state index contributed by atoms with van der Waals surface area (Å²) in [5, 5.41) is 2.11. The number of rotatable bonds is 3. The second-order valence-electron chi connectivity index (χ2n) is 6.73. The lowest BCUT2D eigenvalue weighted by Gasteiger charge is -2.30. The van der Waals surface area contributed by atoms with Crippen LogP contribution in [0.5, 0.6) is 0 Å². The summed E-state index contributed by atoms with van der Waals surface area (Å²) in [5.41, 5.74) is -0.425. The summed E-state index contributed by atoms with van der Waals surface area (Å²) in [4.78, 5) is 17.7. The smallest absolute Gasteiger partial charge is 0.410 e. The number of likely N-dealkylation sites (tertiary alicyclic amines) is 1. The topological polar surface area (TPSA) is 32.8 Å². The van der Waals surface area contributed by atoms with Gasteiger partial charge in [-0.1, -0.05) is 6.07 Å². The molecule has 0 unspecified atom stereocenters. The van der Waals surface area contributed by atoms with E-state index in [1.54, 1.807) is 11.3 Å². The Balaban J connectivity index is 1.91. The molecule has 0 aromatic carbocycles. The van der Waals surface area contributed by atoms with Crippen molar-refractivity contribution in [1.29, 1.82) is 0 Å². The summed E-state index contributed by atoms with van der Waals surface area (Å²) in [5.74, 6) is 0. The van der Waals surface area contributed by atoms with Crippen LogP contribution in [-0.2, 0) is 4.74 Å². The van der Waals surface area contributed by atoms with E-state index in [0.29, 0.717) is 12.1 Å². The van der Waals surface area contributed by atoms with Crippen molar-refractivity contribution in [1.82, 2.24) is 9.80 Å². The predicted octanol–water partition coefficient (Wildman–Crippen LogP) is 3.75. The third-order valence-corrected chi connectivity index (χ3v) is 5.00. The van der Waals surface area contributed by atoms with Crippen LogP contribution < -0.4 is 0 Å². The first kappa shape index (κ1) is 16.3. The number of carbonyl (C=O) groups excluding carboxylic acids is 1. The summed E-state index contributed by atoms with van der Waals surface area (Å²) in [6, 6.07) is 5.04. The van der Waals surface area contributed by atoms with Gasteiger partial charge in [0.15, 0.2) is 0 Å². The average Bonchev–Trinajstić information content (AvgIpc) is 3.06. The number of hydrogen-bond donors (Lipinski definition) is 0. The molecule has 0 aliphatic carbocycles. The molecule has 0 spiro atoms. The summed E-state index contributed by atoms with van der Waals surface area (Å²) < 4.78 is 5.45. The van der Waals surface area contributed by atoms with Gasteiger partial charge in [0.1, 0.15) is 5.60 Å². The fourth-order valence-corrected chi connectivity index (χ4v) is 3.45. The van der Waals surface area contributed by atoms with Crippen molar-refractivity contribution in [3.63, 3.8) is 0 Å². The highest BCUT2D eigenvalue weighted by Gasteiger charge is 2.33. The third kappa shape index (κ3) is 4.20. The van der Waals surface area contributed by atoms with Gasteiger partial charge in [-0.05, 0) is 52.6 Å². The molecule has 1 amide bonds. The molecule has 21 heavy (non-hydrogen) atoms. The molecule has 1 fully saturated rings. The third-order valence-electron chi connectivity index (χ3n) is 3.96. The predicted molar refractivity (Wildman–Crippen MR) is 86.7 cm³/mol. The molecule has 1 aliphatic rings. The number of carbonyl (C=O) groups is 1. The van der Waals surface area contributed by atoms with Crippen molar-refractivity contribution < 1.29 is 9.53 Å². The molecule has 0 radical (unpaired) electrons. The van der Waals surface area contributed by atoms with Gasteiger partial charge in [-0.3, -0.25) is 4.90 Å². The van der Waals surface area contributed by atoms with E-state index in [0.717, 1.165) is 19.5 Å². The summed E-state index contributed by atoms with van der Waals surface area (Å²) in [7, 11) is 2.15. The normalized spacial score (nSPS) is 20.9. The minimum Gasteiger partial charge on any atom is -0.444 e. The Kier molecular flexibility index (Phi) is 4.94. The molecule has 4 nitrogen and oxygen atoms in total. The average molecular weight is 310 g/mol. The molecule has 1 aromatic rings. The maximum atomic E-state index is 12.1. The Morgan fingerprint density at radius 1 is 1.52 bits per heavy atom. The molecule has 0 saturated carbocycles. The fraction of sp³-hybridized carbons (Fsp3) is 0.688. The first-order valence-corrected chi connectivity index (χ1v) is 8.39. The Labute approximate surface area is 131 Å². The summed E-state index contributed by atoms with van der Waals surface area (Å²) >= 11 is 1.79. The van der Waals surface area contributed by atoms with Crippen molar-refractivity contribution in [2.75, 3.05) is 20.1 Å². The van der Waals surface area contributed by atoms with Crippen LogP contribution in [0, 0.1) is 0 Å². The zero-order valence-corrected chi connectivity index (χ0v) is 14.4. The highest BCUT2D eigenvalue weighted by atomic mass is 32.1. The molecule has 1 saturated heterocycles. The van der Waals surface area contributed by atoms with Gasteiger partial charge in [0, 0.05) is 30.1 Å². The van der Waals surface area contributed by atoms with Crippen molar-refractivity contribution >= 4 is 17.4 Å². The van der Waals surface area contributed by atoms with Crippen LogP contribution >= 0.6 is 11.3 Å². The minimum atomic E-state index is -0.425. The molecular formula is C16H26N2O2S. The Hall–Kier alpha value is -1.07. The molecule has 1 aliphatic heterocycles. The van der Waals surface area contributed by atoms with Crippen LogP contribution in [-0.4, -0.2) is 47.7 Å². The first-order valence-electron chi connectivity index (χ1n) is 7.51. The molecule has 2 atom stereocenters. The largest absolute Gasteiger partial charge is 0.444 e. The Bertz CT molecular complexity index is 467. The summed E-state index contributed by atoms with van der Waals surface area (Å²) in [6.45, 7) is 9.47. The second-order valence-corrected chi connectivity index (χ2v) is 7.70.